The average Bonchev–Trinajstić information content (AvgIpc) is 2.63. The SMILES string of the molecule is C=CC[C@@H](C)C(=S)N(C)c1cc2ccc1CCc1ccc(cc1)CC2. The standard InChI is InChI=1S/C23H27NS/c1-4-5-17(2)23(25)24(3)22-16-20-11-10-18-6-8-19(9-7-18)12-14-21(22)15-13-20/h4,6-9,13,15-17H,1,5,10-12,14H2,2-3H3/t17-/m1/s1. The van der Waals surface area contributed by atoms with E-state index in [4.69, 9.17) is 12.2 Å². The molecule has 2 aromatic carbocycles. The van der Waals surface area contributed by atoms with Crippen molar-refractivity contribution in [3.8, 4) is 0 Å². The van der Waals surface area contributed by atoms with Gasteiger partial charge in [-0.15, -0.1) is 6.58 Å². The highest BCUT2D eigenvalue weighted by Crippen LogP contribution is 2.27. The summed E-state index contributed by atoms with van der Waals surface area (Å²) in [4.78, 5) is 3.21. The zero-order valence-corrected chi connectivity index (χ0v) is 16.1. The van der Waals surface area contributed by atoms with Crippen LogP contribution < -0.4 is 4.90 Å². The molecule has 0 unspecified atom stereocenters. The van der Waals surface area contributed by atoms with Gasteiger partial charge in [0.05, 0.1) is 4.99 Å². The summed E-state index contributed by atoms with van der Waals surface area (Å²) in [6.07, 6.45) is 7.13. The molecule has 130 valence electrons. The summed E-state index contributed by atoms with van der Waals surface area (Å²) in [6, 6.07) is 16.1. The third-order valence-electron chi connectivity index (χ3n) is 5.19. The van der Waals surface area contributed by atoms with Crippen LogP contribution in [0.2, 0.25) is 0 Å². The molecule has 0 heterocycles. The van der Waals surface area contributed by atoms with Gasteiger partial charge in [-0.05, 0) is 60.4 Å². The third kappa shape index (κ3) is 4.19. The number of rotatable bonds is 4. The Bertz CT molecular complexity index is 760. The molecule has 0 spiro atoms. The van der Waals surface area contributed by atoms with Gasteiger partial charge in [0.15, 0.2) is 0 Å². The molecule has 0 aliphatic heterocycles. The van der Waals surface area contributed by atoms with Gasteiger partial charge in [0.25, 0.3) is 0 Å². The molecule has 4 bridgehead atoms. The Labute approximate surface area is 157 Å². The molecule has 0 fully saturated rings. The van der Waals surface area contributed by atoms with E-state index < -0.39 is 0 Å². The monoisotopic (exact) mass is 349 g/mol. The molecule has 25 heavy (non-hydrogen) atoms. The maximum absolute atomic E-state index is 5.76. The summed E-state index contributed by atoms with van der Waals surface area (Å²) in [5, 5.41) is 0. The Balaban J connectivity index is 1.92. The minimum absolute atomic E-state index is 0.333. The van der Waals surface area contributed by atoms with Crippen LogP contribution in [-0.2, 0) is 25.7 Å². The topological polar surface area (TPSA) is 3.24 Å². The molecule has 0 amide bonds. The number of benzene rings is 2. The molecule has 1 nitrogen and oxygen atoms in total. The van der Waals surface area contributed by atoms with Gasteiger partial charge in [-0.3, -0.25) is 0 Å². The molecule has 6 rings (SSSR count). The predicted octanol–water partition coefficient (Wildman–Crippen LogP) is 5.55. The van der Waals surface area contributed by atoms with Gasteiger partial charge in [-0.2, -0.15) is 0 Å². The fraction of sp³-hybridized carbons (Fsp3) is 0.348. The van der Waals surface area contributed by atoms with Crippen LogP contribution in [0.25, 0.3) is 0 Å². The maximum atomic E-state index is 5.76. The largest absolute Gasteiger partial charge is 0.339 e. The maximum Gasteiger partial charge on any atom is 0.0852 e. The van der Waals surface area contributed by atoms with Crippen molar-refractivity contribution in [2.75, 3.05) is 11.9 Å². The molecular weight excluding hydrogens is 322 g/mol. The van der Waals surface area contributed by atoms with Crippen LogP contribution in [0, 0.1) is 5.92 Å². The highest BCUT2D eigenvalue weighted by atomic mass is 32.1. The number of anilines is 1. The second-order valence-corrected chi connectivity index (χ2v) is 7.52. The minimum atomic E-state index is 0.333. The highest BCUT2D eigenvalue weighted by Gasteiger charge is 2.17. The van der Waals surface area contributed by atoms with Gasteiger partial charge < -0.3 is 4.90 Å². The van der Waals surface area contributed by atoms with Crippen LogP contribution in [0.1, 0.15) is 35.6 Å². The molecule has 0 radical (unpaired) electrons. The lowest BCUT2D eigenvalue weighted by molar-refractivity contribution is 0.787. The van der Waals surface area contributed by atoms with E-state index in [-0.39, 0.29) is 0 Å². The van der Waals surface area contributed by atoms with E-state index in [2.05, 4.69) is 67.9 Å². The number of allylic oxidation sites excluding steroid dienone is 1. The number of thiocarbonyl (C=S) groups is 1. The first-order valence-corrected chi connectivity index (χ1v) is 9.57. The van der Waals surface area contributed by atoms with E-state index in [0.29, 0.717) is 5.92 Å². The van der Waals surface area contributed by atoms with Crippen molar-refractivity contribution < 1.29 is 0 Å². The van der Waals surface area contributed by atoms with Crippen molar-refractivity contribution in [2.45, 2.75) is 39.0 Å². The van der Waals surface area contributed by atoms with Crippen LogP contribution in [0.3, 0.4) is 0 Å². The first-order valence-electron chi connectivity index (χ1n) is 9.16. The van der Waals surface area contributed by atoms with Crippen molar-refractivity contribution in [3.63, 3.8) is 0 Å². The Morgan fingerprint density at radius 3 is 2.24 bits per heavy atom. The normalized spacial score (nSPS) is 14.5. The predicted molar refractivity (Wildman–Crippen MR) is 113 cm³/mol. The quantitative estimate of drug-likeness (QED) is 0.526. The molecule has 1 atom stereocenters. The Kier molecular flexibility index (Phi) is 5.70. The number of hydrogen-bond acceptors (Lipinski definition) is 1. The summed E-state index contributed by atoms with van der Waals surface area (Å²) in [7, 11) is 2.12. The van der Waals surface area contributed by atoms with Crippen molar-refractivity contribution in [1.82, 2.24) is 0 Å². The minimum Gasteiger partial charge on any atom is -0.339 e. The average molecular weight is 350 g/mol. The second kappa shape index (κ2) is 7.97. The van der Waals surface area contributed by atoms with Crippen LogP contribution in [0.15, 0.2) is 55.1 Å². The zero-order valence-electron chi connectivity index (χ0n) is 15.3. The number of hydrogen-bond donors (Lipinski definition) is 0. The van der Waals surface area contributed by atoms with E-state index in [1.54, 1.807) is 0 Å². The van der Waals surface area contributed by atoms with E-state index in [9.17, 15) is 0 Å². The highest BCUT2D eigenvalue weighted by molar-refractivity contribution is 7.80. The Morgan fingerprint density at radius 1 is 1.04 bits per heavy atom. The van der Waals surface area contributed by atoms with Crippen molar-refractivity contribution >= 4 is 22.9 Å². The third-order valence-corrected chi connectivity index (χ3v) is 5.87. The zero-order chi connectivity index (χ0) is 17.8. The van der Waals surface area contributed by atoms with Crippen LogP contribution in [0.4, 0.5) is 5.69 Å². The van der Waals surface area contributed by atoms with Crippen LogP contribution >= 0.6 is 12.2 Å². The summed E-state index contributed by atoms with van der Waals surface area (Å²) in [5.41, 5.74) is 6.86. The summed E-state index contributed by atoms with van der Waals surface area (Å²) in [6.45, 7) is 6.04. The summed E-state index contributed by atoms with van der Waals surface area (Å²) >= 11 is 5.76. The van der Waals surface area contributed by atoms with Crippen molar-refractivity contribution in [2.24, 2.45) is 5.92 Å². The summed E-state index contributed by atoms with van der Waals surface area (Å²) < 4.78 is 0. The van der Waals surface area contributed by atoms with Gasteiger partial charge in [-0.1, -0.05) is 61.6 Å². The molecule has 2 heteroatoms. The first kappa shape index (κ1) is 17.9. The Hall–Kier alpha value is -1.93. The van der Waals surface area contributed by atoms with Gasteiger partial charge in [0, 0.05) is 18.7 Å². The summed E-state index contributed by atoms with van der Waals surface area (Å²) in [5.74, 6) is 0.333. The van der Waals surface area contributed by atoms with Gasteiger partial charge in [0.2, 0.25) is 0 Å². The number of aryl methyl sites for hydroxylation is 4. The van der Waals surface area contributed by atoms with E-state index in [0.717, 1.165) is 37.1 Å². The van der Waals surface area contributed by atoms with E-state index in [1.807, 2.05) is 6.08 Å². The van der Waals surface area contributed by atoms with Gasteiger partial charge >= 0.3 is 0 Å². The fourth-order valence-electron chi connectivity index (χ4n) is 3.53. The lowest BCUT2D eigenvalue weighted by atomic mass is 9.95. The van der Waals surface area contributed by atoms with Crippen LogP contribution in [-0.4, -0.2) is 12.0 Å². The van der Waals surface area contributed by atoms with Crippen molar-refractivity contribution in [3.05, 3.63) is 77.4 Å². The van der Waals surface area contributed by atoms with Gasteiger partial charge in [-0.25, -0.2) is 0 Å². The van der Waals surface area contributed by atoms with Gasteiger partial charge in [0.1, 0.15) is 0 Å². The molecule has 4 aliphatic rings. The molecule has 0 saturated heterocycles. The lowest BCUT2D eigenvalue weighted by Crippen LogP contribution is -2.30. The first-order chi connectivity index (χ1) is 12.1. The van der Waals surface area contributed by atoms with E-state index in [1.165, 1.54) is 27.9 Å². The molecule has 0 saturated carbocycles. The number of nitrogens with zero attached hydrogens (tertiary/aromatic N) is 1. The molecule has 4 aliphatic carbocycles. The molecule has 0 N–H and O–H groups in total. The molecular formula is C23H27NS. The fourth-order valence-corrected chi connectivity index (χ4v) is 3.72. The van der Waals surface area contributed by atoms with Crippen molar-refractivity contribution in [1.29, 1.82) is 0 Å². The lowest BCUT2D eigenvalue weighted by Gasteiger charge is -2.27. The second-order valence-electron chi connectivity index (χ2n) is 7.10. The van der Waals surface area contributed by atoms with Crippen LogP contribution in [0.5, 0.6) is 0 Å². The van der Waals surface area contributed by atoms with E-state index >= 15 is 0 Å². The molecule has 0 aromatic heterocycles. The molecule has 2 aromatic rings. The Morgan fingerprint density at radius 2 is 1.60 bits per heavy atom. The smallest absolute Gasteiger partial charge is 0.0852 e.